The summed E-state index contributed by atoms with van der Waals surface area (Å²) in [4.78, 5) is 29.8. The van der Waals surface area contributed by atoms with Gasteiger partial charge in [-0.3, -0.25) is 9.59 Å². The van der Waals surface area contributed by atoms with Gasteiger partial charge in [0, 0.05) is 39.5 Å². The number of carbonyl (C=O) groups excluding carboxylic acids is 1. The fraction of sp³-hybridized carbons (Fsp3) is 0.182. The minimum atomic E-state index is -0.137. The summed E-state index contributed by atoms with van der Waals surface area (Å²) in [6.45, 7) is 2.66. The summed E-state index contributed by atoms with van der Waals surface area (Å²) in [5.74, 6) is -0.0707. The lowest BCUT2D eigenvalue weighted by Gasteiger charge is -2.05. The van der Waals surface area contributed by atoms with Crippen LogP contribution in [0.4, 0.5) is 11.4 Å². The fourth-order valence-electron chi connectivity index (χ4n) is 3.24. The molecule has 0 spiro atoms. The number of H-pyrrole nitrogens is 1. The normalized spacial score (nSPS) is 11.0. The van der Waals surface area contributed by atoms with Gasteiger partial charge in [-0.15, -0.1) is 22.7 Å². The molecule has 0 fully saturated rings. The average Bonchev–Trinajstić information content (AvgIpc) is 3.33. The van der Waals surface area contributed by atoms with Crippen molar-refractivity contribution in [2.45, 2.75) is 26.3 Å². The minimum Gasteiger partial charge on any atom is -0.379 e. The Balaban J connectivity index is 1.50. The first-order valence-electron chi connectivity index (χ1n) is 9.46. The summed E-state index contributed by atoms with van der Waals surface area (Å²) in [6, 6.07) is 12.8. The van der Waals surface area contributed by atoms with E-state index in [-0.39, 0.29) is 11.5 Å². The van der Waals surface area contributed by atoms with Crippen LogP contribution in [0, 0.1) is 6.92 Å². The van der Waals surface area contributed by atoms with Crippen molar-refractivity contribution < 1.29 is 4.79 Å². The van der Waals surface area contributed by atoms with Gasteiger partial charge in [0.15, 0.2) is 0 Å². The molecule has 0 saturated heterocycles. The number of aromatic nitrogens is 1. The molecule has 30 heavy (non-hydrogen) atoms. The number of fused-ring (bicyclic) bond motifs is 1. The van der Waals surface area contributed by atoms with E-state index >= 15 is 0 Å². The quantitative estimate of drug-likeness (QED) is 0.328. The van der Waals surface area contributed by atoms with Crippen molar-refractivity contribution in [3.05, 3.63) is 78.5 Å². The Morgan fingerprint density at radius 2 is 2.07 bits per heavy atom. The second-order valence-corrected chi connectivity index (χ2v) is 9.47. The summed E-state index contributed by atoms with van der Waals surface area (Å²) < 4.78 is 1.01. The maximum Gasteiger partial charge on any atom is 0.250 e. The molecule has 0 saturated carbocycles. The highest BCUT2D eigenvalue weighted by molar-refractivity contribution is 7.19. The summed E-state index contributed by atoms with van der Waals surface area (Å²) in [7, 11) is 0. The summed E-state index contributed by atoms with van der Waals surface area (Å²) in [5, 5.41) is 8.88. The van der Waals surface area contributed by atoms with Crippen molar-refractivity contribution in [3.8, 4) is 0 Å². The van der Waals surface area contributed by atoms with Gasteiger partial charge in [0.2, 0.25) is 5.91 Å². The number of benzene rings is 1. The third-order valence-corrected chi connectivity index (χ3v) is 7.23. The zero-order valence-corrected chi connectivity index (χ0v) is 18.6. The Labute approximate surface area is 186 Å². The van der Waals surface area contributed by atoms with Gasteiger partial charge in [0.05, 0.1) is 15.9 Å². The summed E-state index contributed by atoms with van der Waals surface area (Å²) in [6.07, 6.45) is 0.951. The van der Waals surface area contributed by atoms with Crippen molar-refractivity contribution in [2.75, 3.05) is 10.6 Å². The number of hydrogen-bond donors (Lipinski definition) is 3. The van der Waals surface area contributed by atoms with E-state index in [0.717, 1.165) is 26.3 Å². The summed E-state index contributed by atoms with van der Waals surface area (Å²) in [5.41, 5.74) is 3.23. The van der Waals surface area contributed by atoms with E-state index in [0.29, 0.717) is 30.1 Å². The predicted molar refractivity (Wildman–Crippen MR) is 127 cm³/mol. The van der Waals surface area contributed by atoms with Gasteiger partial charge in [-0.2, -0.15) is 0 Å². The molecular weight excluding hydrogens is 438 g/mol. The zero-order valence-electron chi connectivity index (χ0n) is 16.3. The number of halogens is 1. The van der Waals surface area contributed by atoms with E-state index in [1.807, 2.05) is 24.4 Å². The Morgan fingerprint density at radius 1 is 1.20 bits per heavy atom. The predicted octanol–water partition coefficient (Wildman–Crippen LogP) is 5.80. The molecule has 0 atom stereocenters. The highest BCUT2D eigenvalue weighted by Gasteiger charge is 2.15. The lowest BCUT2D eigenvalue weighted by atomic mass is 10.1. The first kappa shape index (κ1) is 20.7. The molecule has 3 aromatic heterocycles. The number of carbonyl (C=O) groups is 1. The maximum atomic E-state index is 12.4. The van der Waals surface area contributed by atoms with Crippen LogP contribution >= 0.6 is 34.3 Å². The first-order valence-corrected chi connectivity index (χ1v) is 11.5. The Kier molecular flexibility index (Phi) is 6.22. The SMILES string of the molecule is Cc1c(CCC(=O)Nc2cccc(Cl)c2)sc2c(NCc3cccs3)cc(=O)[nH]c12. The van der Waals surface area contributed by atoms with Crippen LogP contribution in [0.3, 0.4) is 0 Å². The van der Waals surface area contributed by atoms with E-state index in [2.05, 4.69) is 21.7 Å². The van der Waals surface area contributed by atoms with E-state index in [1.54, 1.807) is 46.9 Å². The van der Waals surface area contributed by atoms with Crippen LogP contribution in [0.2, 0.25) is 5.02 Å². The average molecular weight is 458 g/mol. The second kappa shape index (κ2) is 9.04. The Hall–Kier alpha value is -2.61. The van der Waals surface area contributed by atoms with Crippen molar-refractivity contribution in [2.24, 2.45) is 0 Å². The number of aromatic amines is 1. The molecule has 1 amide bonds. The molecule has 3 N–H and O–H groups in total. The number of rotatable bonds is 7. The number of amides is 1. The highest BCUT2D eigenvalue weighted by Crippen LogP contribution is 2.34. The van der Waals surface area contributed by atoms with Crippen molar-refractivity contribution in [1.29, 1.82) is 0 Å². The Bertz CT molecular complexity index is 1250. The molecule has 8 heteroatoms. The molecule has 4 aromatic rings. The first-order chi connectivity index (χ1) is 14.5. The lowest BCUT2D eigenvalue weighted by Crippen LogP contribution is -2.12. The molecule has 0 aliphatic heterocycles. The topological polar surface area (TPSA) is 74.0 Å². The van der Waals surface area contributed by atoms with Crippen LogP contribution in [0.25, 0.3) is 10.2 Å². The lowest BCUT2D eigenvalue weighted by molar-refractivity contribution is -0.116. The molecule has 0 radical (unpaired) electrons. The van der Waals surface area contributed by atoms with Gasteiger partial charge < -0.3 is 15.6 Å². The monoisotopic (exact) mass is 457 g/mol. The van der Waals surface area contributed by atoms with Crippen molar-refractivity contribution in [3.63, 3.8) is 0 Å². The third kappa shape index (κ3) is 4.75. The minimum absolute atomic E-state index is 0.0707. The molecular formula is C22H20ClN3O2S2. The van der Waals surface area contributed by atoms with Crippen LogP contribution in [-0.2, 0) is 17.8 Å². The molecule has 5 nitrogen and oxygen atoms in total. The number of thiophene rings is 2. The second-order valence-electron chi connectivity index (χ2n) is 6.89. The van der Waals surface area contributed by atoms with Gasteiger partial charge in [0.25, 0.3) is 5.56 Å². The maximum absolute atomic E-state index is 12.4. The Morgan fingerprint density at radius 3 is 2.83 bits per heavy atom. The fourth-order valence-corrected chi connectivity index (χ4v) is 5.33. The van der Waals surface area contributed by atoms with E-state index in [4.69, 9.17) is 11.6 Å². The number of aryl methyl sites for hydroxylation is 2. The van der Waals surface area contributed by atoms with Gasteiger partial charge >= 0.3 is 0 Å². The van der Waals surface area contributed by atoms with E-state index in [9.17, 15) is 9.59 Å². The van der Waals surface area contributed by atoms with Crippen molar-refractivity contribution in [1.82, 2.24) is 4.98 Å². The van der Waals surface area contributed by atoms with Crippen LogP contribution < -0.4 is 16.2 Å². The summed E-state index contributed by atoms with van der Waals surface area (Å²) >= 11 is 9.26. The van der Waals surface area contributed by atoms with E-state index < -0.39 is 0 Å². The van der Waals surface area contributed by atoms with Gasteiger partial charge in [-0.25, -0.2) is 0 Å². The number of pyridine rings is 1. The molecule has 0 unspecified atom stereocenters. The standard InChI is InChI=1S/C22H20ClN3O2S2/c1-13-18(7-8-19(27)25-15-5-2-4-14(23)10-15)30-22-17(11-20(28)26-21(13)22)24-12-16-6-3-9-29-16/h2-6,9-11H,7-8,12H2,1H3,(H,25,27)(H2,24,26,28). The number of hydrogen-bond acceptors (Lipinski definition) is 5. The van der Waals surface area contributed by atoms with Gasteiger partial charge in [0.1, 0.15) is 0 Å². The smallest absolute Gasteiger partial charge is 0.250 e. The molecule has 0 aliphatic carbocycles. The van der Waals surface area contributed by atoms with Crippen LogP contribution in [0.1, 0.15) is 21.7 Å². The molecule has 0 bridgehead atoms. The molecule has 4 rings (SSSR count). The van der Waals surface area contributed by atoms with Crippen LogP contribution in [0.5, 0.6) is 0 Å². The number of nitrogens with one attached hydrogen (secondary N) is 3. The third-order valence-electron chi connectivity index (χ3n) is 4.73. The molecule has 154 valence electrons. The molecule has 3 heterocycles. The molecule has 1 aromatic carbocycles. The number of anilines is 2. The van der Waals surface area contributed by atoms with E-state index in [1.165, 1.54) is 4.88 Å². The zero-order chi connectivity index (χ0) is 21.1. The van der Waals surface area contributed by atoms with Crippen LogP contribution in [-0.4, -0.2) is 10.9 Å². The van der Waals surface area contributed by atoms with Crippen LogP contribution in [0.15, 0.2) is 52.6 Å². The van der Waals surface area contributed by atoms with Crippen molar-refractivity contribution >= 4 is 61.8 Å². The largest absolute Gasteiger partial charge is 0.379 e. The highest BCUT2D eigenvalue weighted by atomic mass is 35.5. The van der Waals surface area contributed by atoms with Gasteiger partial charge in [-0.05, 0) is 48.6 Å². The molecule has 0 aliphatic rings. The van der Waals surface area contributed by atoms with Gasteiger partial charge in [-0.1, -0.05) is 23.7 Å².